The maximum atomic E-state index is 13.7. The molecule has 0 bridgehead atoms. The van der Waals surface area contributed by atoms with E-state index in [0.717, 1.165) is 23.3 Å². The summed E-state index contributed by atoms with van der Waals surface area (Å²) in [5.74, 6) is -0.723. The Bertz CT molecular complexity index is 1340. The van der Waals surface area contributed by atoms with Crippen LogP contribution in [0.3, 0.4) is 0 Å². The van der Waals surface area contributed by atoms with E-state index >= 15 is 0 Å². The van der Waals surface area contributed by atoms with E-state index in [2.05, 4.69) is 0 Å². The summed E-state index contributed by atoms with van der Waals surface area (Å²) in [5, 5.41) is 0. The number of methoxy groups -OCH3 is 1. The lowest BCUT2D eigenvalue weighted by Gasteiger charge is -2.12. The SMILES string of the molecule is COc1cc(C)ccc1Cn1ccn2ccc(-c3ccc(F)c(C(F)(F)F)c3)c2c1=O. The Hall–Kier alpha value is -3.55. The number of nitrogens with zero attached hydrogens (tertiary/aromatic N) is 2. The normalized spacial score (nSPS) is 11.8. The van der Waals surface area contributed by atoms with Crippen LogP contribution in [0.5, 0.6) is 5.75 Å². The second-order valence-electron chi connectivity index (χ2n) is 7.22. The Kier molecular flexibility index (Phi) is 5.08. The smallest absolute Gasteiger partial charge is 0.419 e. The zero-order chi connectivity index (χ0) is 22.3. The third kappa shape index (κ3) is 3.81. The molecule has 0 saturated carbocycles. The molecule has 4 aromatic rings. The van der Waals surface area contributed by atoms with E-state index in [-0.39, 0.29) is 23.2 Å². The fourth-order valence-electron chi connectivity index (χ4n) is 3.59. The van der Waals surface area contributed by atoms with E-state index in [0.29, 0.717) is 11.3 Å². The molecule has 0 aliphatic heterocycles. The minimum atomic E-state index is -4.84. The Morgan fingerprint density at radius 1 is 1.00 bits per heavy atom. The average molecular weight is 430 g/mol. The highest BCUT2D eigenvalue weighted by molar-refractivity contribution is 5.80. The quantitative estimate of drug-likeness (QED) is 0.413. The van der Waals surface area contributed by atoms with E-state index in [4.69, 9.17) is 4.74 Å². The van der Waals surface area contributed by atoms with Crippen molar-refractivity contribution in [2.45, 2.75) is 19.6 Å². The molecule has 0 atom stereocenters. The lowest BCUT2D eigenvalue weighted by molar-refractivity contribution is -0.139. The average Bonchev–Trinajstić information content (AvgIpc) is 3.15. The first-order valence-corrected chi connectivity index (χ1v) is 9.40. The third-order valence-electron chi connectivity index (χ3n) is 5.15. The van der Waals surface area contributed by atoms with Gasteiger partial charge in [0.1, 0.15) is 17.1 Å². The van der Waals surface area contributed by atoms with Crippen molar-refractivity contribution in [3.05, 3.63) is 93.9 Å². The van der Waals surface area contributed by atoms with E-state index in [1.165, 1.54) is 15.0 Å². The van der Waals surface area contributed by atoms with Gasteiger partial charge in [0.15, 0.2) is 0 Å². The standard InChI is InChI=1S/C23H18F4N2O2/c1-14-3-4-16(20(11-14)31-2)13-29-10-9-28-8-7-17(21(28)22(29)30)15-5-6-19(24)18(12-15)23(25,26)27/h3-12H,13H2,1-2H3. The number of ether oxygens (including phenoxy) is 1. The van der Waals surface area contributed by atoms with Gasteiger partial charge in [-0.1, -0.05) is 18.2 Å². The van der Waals surface area contributed by atoms with Crippen LogP contribution in [0, 0.1) is 12.7 Å². The zero-order valence-corrected chi connectivity index (χ0v) is 16.7. The fraction of sp³-hybridized carbons (Fsp3) is 0.174. The third-order valence-corrected chi connectivity index (χ3v) is 5.15. The number of hydrogen-bond donors (Lipinski definition) is 0. The molecule has 0 unspecified atom stereocenters. The number of alkyl halides is 3. The van der Waals surface area contributed by atoms with Crippen molar-refractivity contribution < 1.29 is 22.3 Å². The van der Waals surface area contributed by atoms with Crippen LogP contribution in [0.15, 0.2) is 65.8 Å². The Labute approximate surface area is 174 Å². The molecule has 4 rings (SSSR count). The van der Waals surface area contributed by atoms with Gasteiger partial charge in [0.25, 0.3) is 5.56 Å². The molecule has 0 aliphatic rings. The predicted molar refractivity (Wildman–Crippen MR) is 109 cm³/mol. The number of aromatic nitrogens is 2. The van der Waals surface area contributed by atoms with Crippen molar-refractivity contribution in [3.63, 3.8) is 0 Å². The predicted octanol–water partition coefficient (Wildman–Crippen LogP) is 5.29. The molecular weight excluding hydrogens is 412 g/mol. The topological polar surface area (TPSA) is 35.6 Å². The molecule has 2 aromatic heterocycles. The molecule has 0 fully saturated rings. The Morgan fingerprint density at radius 3 is 2.48 bits per heavy atom. The molecule has 0 radical (unpaired) electrons. The highest BCUT2D eigenvalue weighted by Gasteiger charge is 2.34. The van der Waals surface area contributed by atoms with Gasteiger partial charge in [-0.25, -0.2) is 4.39 Å². The number of benzene rings is 2. The van der Waals surface area contributed by atoms with Crippen molar-refractivity contribution >= 4 is 5.52 Å². The van der Waals surface area contributed by atoms with Gasteiger partial charge >= 0.3 is 6.18 Å². The van der Waals surface area contributed by atoms with Gasteiger partial charge in [-0.05, 0) is 42.3 Å². The number of rotatable bonds is 4. The van der Waals surface area contributed by atoms with Crippen molar-refractivity contribution in [2.24, 2.45) is 0 Å². The molecule has 0 N–H and O–H groups in total. The van der Waals surface area contributed by atoms with Crippen LogP contribution in [0.4, 0.5) is 17.6 Å². The molecule has 8 heteroatoms. The number of hydrogen-bond acceptors (Lipinski definition) is 2. The van der Waals surface area contributed by atoms with Gasteiger partial charge in [-0.15, -0.1) is 0 Å². The van der Waals surface area contributed by atoms with Crippen LogP contribution in [0.2, 0.25) is 0 Å². The summed E-state index contributed by atoms with van der Waals surface area (Å²) in [6, 6.07) is 9.89. The highest BCUT2D eigenvalue weighted by atomic mass is 19.4. The summed E-state index contributed by atoms with van der Waals surface area (Å²) >= 11 is 0. The summed E-state index contributed by atoms with van der Waals surface area (Å²) in [5.41, 5.74) is 0.642. The van der Waals surface area contributed by atoms with Gasteiger partial charge in [-0.2, -0.15) is 13.2 Å². The lowest BCUT2D eigenvalue weighted by atomic mass is 10.0. The van der Waals surface area contributed by atoms with Crippen molar-refractivity contribution in [1.29, 1.82) is 0 Å². The first kappa shape index (κ1) is 20.7. The molecule has 0 aliphatic carbocycles. The van der Waals surface area contributed by atoms with Gasteiger partial charge < -0.3 is 13.7 Å². The van der Waals surface area contributed by atoms with Crippen molar-refractivity contribution in [2.75, 3.05) is 7.11 Å². The lowest BCUT2D eigenvalue weighted by Crippen LogP contribution is -2.22. The molecular formula is C23H18F4N2O2. The van der Waals surface area contributed by atoms with Gasteiger partial charge in [0, 0.05) is 29.7 Å². The largest absolute Gasteiger partial charge is 0.496 e. The van der Waals surface area contributed by atoms with E-state index in [1.807, 2.05) is 25.1 Å². The zero-order valence-electron chi connectivity index (χ0n) is 16.7. The second-order valence-corrected chi connectivity index (χ2v) is 7.22. The summed E-state index contributed by atoms with van der Waals surface area (Å²) < 4.78 is 61.5. The van der Waals surface area contributed by atoms with Crippen LogP contribution >= 0.6 is 0 Å². The first-order valence-electron chi connectivity index (χ1n) is 9.40. The van der Waals surface area contributed by atoms with Crippen molar-refractivity contribution in [3.8, 4) is 16.9 Å². The van der Waals surface area contributed by atoms with Gasteiger partial charge in [0.2, 0.25) is 0 Å². The maximum Gasteiger partial charge on any atom is 0.419 e. The van der Waals surface area contributed by atoms with Gasteiger partial charge in [-0.3, -0.25) is 4.79 Å². The molecule has 160 valence electrons. The minimum absolute atomic E-state index is 0.110. The van der Waals surface area contributed by atoms with Crippen LogP contribution in [-0.2, 0) is 12.7 Å². The van der Waals surface area contributed by atoms with E-state index in [9.17, 15) is 22.4 Å². The summed E-state index contributed by atoms with van der Waals surface area (Å²) in [6.07, 6.45) is -0.00335. The first-order chi connectivity index (χ1) is 14.7. The number of aryl methyl sites for hydroxylation is 1. The summed E-state index contributed by atoms with van der Waals surface area (Å²) in [4.78, 5) is 13.2. The maximum absolute atomic E-state index is 13.7. The van der Waals surface area contributed by atoms with Crippen LogP contribution in [-0.4, -0.2) is 16.1 Å². The van der Waals surface area contributed by atoms with Crippen LogP contribution in [0.1, 0.15) is 16.7 Å². The van der Waals surface area contributed by atoms with Crippen molar-refractivity contribution in [1.82, 2.24) is 8.97 Å². The molecule has 0 spiro atoms. The Morgan fingerprint density at radius 2 is 1.77 bits per heavy atom. The monoisotopic (exact) mass is 430 g/mol. The second kappa shape index (κ2) is 7.61. The van der Waals surface area contributed by atoms with Crippen LogP contribution in [0.25, 0.3) is 16.6 Å². The molecule has 4 nitrogen and oxygen atoms in total. The van der Waals surface area contributed by atoms with E-state index in [1.54, 1.807) is 31.8 Å². The number of halogens is 4. The fourth-order valence-corrected chi connectivity index (χ4v) is 3.59. The summed E-state index contributed by atoms with van der Waals surface area (Å²) in [6.45, 7) is 2.15. The van der Waals surface area contributed by atoms with Crippen LogP contribution < -0.4 is 10.3 Å². The molecule has 2 heterocycles. The minimum Gasteiger partial charge on any atom is -0.496 e. The van der Waals surface area contributed by atoms with Gasteiger partial charge in [0.05, 0.1) is 19.2 Å². The molecule has 31 heavy (non-hydrogen) atoms. The Balaban J connectivity index is 1.84. The number of fused-ring (bicyclic) bond motifs is 1. The molecule has 0 saturated heterocycles. The molecule has 0 amide bonds. The van der Waals surface area contributed by atoms with E-state index < -0.39 is 17.6 Å². The molecule has 2 aromatic carbocycles. The highest BCUT2D eigenvalue weighted by Crippen LogP contribution is 2.35. The summed E-state index contributed by atoms with van der Waals surface area (Å²) in [7, 11) is 1.54.